The van der Waals surface area contributed by atoms with Gasteiger partial charge in [0.2, 0.25) is 0 Å². The fraction of sp³-hybridized carbons (Fsp3) is 0.857. The molecule has 4 nitrogen and oxygen atoms in total. The van der Waals surface area contributed by atoms with Crippen molar-refractivity contribution in [1.82, 2.24) is 0 Å². The lowest BCUT2D eigenvalue weighted by atomic mass is 10.2. The summed E-state index contributed by atoms with van der Waals surface area (Å²) < 4.78 is 4.47. The quantitative estimate of drug-likeness (QED) is 0.528. The lowest BCUT2D eigenvalue weighted by Gasteiger charge is -2.03. The molecule has 0 spiro atoms. The van der Waals surface area contributed by atoms with Crippen molar-refractivity contribution >= 4 is 5.97 Å². The number of methoxy groups -OCH3 is 1. The molecule has 3 atom stereocenters. The van der Waals surface area contributed by atoms with Gasteiger partial charge in [0.1, 0.15) is 0 Å². The van der Waals surface area contributed by atoms with Crippen LogP contribution in [0.4, 0.5) is 0 Å². The zero-order valence-electron chi connectivity index (χ0n) is 6.36. The van der Waals surface area contributed by atoms with Crippen molar-refractivity contribution in [3.63, 3.8) is 0 Å². The van der Waals surface area contributed by atoms with Crippen molar-refractivity contribution in [3.8, 4) is 0 Å². The SMILES string of the molecule is COC(=O)C1CC1C(O)CO. The molecule has 0 aromatic carbocycles. The first-order valence-corrected chi connectivity index (χ1v) is 3.57. The number of esters is 1. The van der Waals surface area contributed by atoms with Gasteiger partial charge >= 0.3 is 5.97 Å². The average molecular weight is 160 g/mol. The van der Waals surface area contributed by atoms with E-state index in [1.165, 1.54) is 7.11 Å². The van der Waals surface area contributed by atoms with E-state index in [1.807, 2.05) is 0 Å². The summed E-state index contributed by atoms with van der Waals surface area (Å²) in [6.07, 6.45) is -0.131. The van der Waals surface area contributed by atoms with Gasteiger partial charge in [0, 0.05) is 5.92 Å². The van der Waals surface area contributed by atoms with Crippen molar-refractivity contribution in [2.24, 2.45) is 11.8 Å². The Hall–Kier alpha value is -0.610. The van der Waals surface area contributed by atoms with Crippen LogP contribution < -0.4 is 0 Å². The van der Waals surface area contributed by atoms with Crippen LogP contribution in [0.1, 0.15) is 6.42 Å². The van der Waals surface area contributed by atoms with Crippen molar-refractivity contribution in [1.29, 1.82) is 0 Å². The van der Waals surface area contributed by atoms with Gasteiger partial charge in [-0.15, -0.1) is 0 Å². The molecular formula is C7H12O4. The van der Waals surface area contributed by atoms with Crippen LogP contribution in [-0.2, 0) is 9.53 Å². The van der Waals surface area contributed by atoms with Gasteiger partial charge in [-0.05, 0) is 6.42 Å². The molecular weight excluding hydrogens is 148 g/mol. The first-order chi connectivity index (χ1) is 5.20. The minimum Gasteiger partial charge on any atom is -0.469 e. The number of ether oxygens (including phenoxy) is 1. The Morgan fingerprint density at radius 2 is 2.45 bits per heavy atom. The maximum Gasteiger partial charge on any atom is 0.309 e. The third kappa shape index (κ3) is 1.70. The van der Waals surface area contributed by atoms with E-state index in [9.17, 15) is 4.79 Å². The largest absolute Gasteiger partial charge is 0.469 e. The monoisotopic (exact) mass is 160 g/mol. The van der Waals surface area contributed by atoms with Crippen LogP contribution in [0.25, 0.3) is 0 Å². The summed E-state index contributed by atoms with van der Waals surface area (Å²) in [5, 5.41) is 17.6. The topological polar surface area (TPSA) is 66.8 Å². The molecule has 4 heteroatoms. The Morgan fingerprint density at radius 3 is 2.91 bits per heavy atom. The maximum absolute atomic E-state index is 10.8. The van der Waals surface area contributed by atoms with Gasteiger partial charge in [0.25, 0.3) is 0 Å². The zero-order valence-corrected chi connectivity index (χ0v) is 6.36. The molecule has 0 bridgehead atoms. The Labute approximate surface area is 64.8 Å². The average Bonchev–Trinajstić information content (AvgIpc) is 2.80. The number of carbonyl (C=O) groups is 1. The number of hydrogen-bond donors (Lipinski definition) is 2. The van der Waals surface area contributed by atoms with Gasteiger partial charge in [-0.1, -0.05) is 0 Å². The molecule has 0 amide bonds. The first-order valence-electron chi connectivity index (χ1n) is 3.57. The highest BCUT2D eigenvalue weighted by molar-refractivity contribution is 5.75. The summed E-state index contributed by atoms with van der Waals surface area (Å²) in [4.78, 5) is 10.8. The third-order valence-electron chi connectivity index (χ3n) is 2.03. The molecule has 0 aromatic heterocycles. The van der Waals surface area contributed by atoms with E-state index >= 15 is 0 Å². The minimum atomic E-state index is -0.765. The van der Waals surface area contributed by atoms with Gasteiger partial charge in [0.15, 0.2) is 0 Å². The Bertz CT molecular complexity index is 157. The van der Waals surface area contributed by atoms with Gasteiger partial charge < -0.3 is 14.9 Å². The summed E-state index contributed by atoms with van der Waals surface area (Å²) in [5.74, 6) is -0.572. The molecule has 0 radical (unpaired) electrons. The molecule has 0 heterocycles. The molecule has 64 valence electrons. The number of rotatable bonds is 3. The highest BCUT2D eigenvalue weighted by atomic mass is 16.5. The normalized spacial score (nSPS) is 31.2. The molecule has 2 N–H and O–H groups in total. The Kier molecular flexibility index (Phi) is 2.46. The summed E-state index contributed by atoms with van der Waals surface area (Å²) in [6, 6.07) is 0. The van der Waals surface area contributed by atoms with Gasteiger partial charge in [-0.25, -0.2) is 0 Å². The van der Waals surface area contributed by atoms with Gasteiger partial charge in [-0.2, -0.15) is 0 Å². The van der Waals surface area contributed by atoms with E-state index in [1.54, 1.807) is 0 Å². The van der Waals surface area contributed by atoms with Crippen molar-refractivity contribution in [3.05, 3.63) is 0 Å². The summed E-state index contributed by atoms with van der Waals surface area (Å²) in [5.41, 5.74) is 0. The van der Waals surface area contributed by atoms with Crippen LogP contribution in [0.3, 0.4) is 0 Å². The molecule has 1 aliphatic carbocycles. The van der Waals surface area contributed by atoms with E-state index in [0.29, 0.717) is 6.42 Å². The van der Waals surface area contributed by atoms with E-state index in [2.05, 4.69) is 4.74 Å². The maximum atomic E-state index is 10.8. The van der Waals surface area contributed by atoms with E-state index < -0.39 is 6.10 Å². The smallest absolute Gasteiger partial charge is 0.309 e. The summed E-state index contributed by atoms with van der Waals surface area (Å²) in [7, 11) is 1.32. The number of aliphatic hydroxyl groups excluding tert-OH is 2. The molecule has 11 heavy (non-hydrogen) atoms. The van der Waals surface area contributed by atoms with Crippen LogP contribution in [0, 0.1) is 11.8 Å². The number of carbonyl (C=O) groups excluding carboxylic acids is 1. The molecule has 0 aliphatic heterocycles. The van der Waals surface area contributed by atoms with Gasteiger partial charge in [0.05, 0.1) is 25.7 Å². The predicted octanol–water partition coefficient (Wildman–Crippen LogP) is -0.851. The van der Waals surface area contributed by atoms with Crippen LogP contribution in [0.2, 0.25) is 0 Å². The highest BCUT2D eigenvalue weighted by Gasteiger charge is 2.47. The van der Waals surface area contributed by atoms with Crippen LogP contribution in [0.5, 0.6) is 0 Å². The fourth-order valence-electron chi connectivity index (χ4n) is 1.20. The highest BCUT2D eigenvalue weighted by Crippen LogP contribution is 2.41. The number of aliphatic hydroxyl groups is 2. The zero-order chi connectivity index (χ0) is 8.43. The summed E-state index contributed by atoms with van der Waals surface area (Å²) in [6.45, 7) is -0.280. The lowest BCUT2D eigenvalue weighted by molar-refractivity contribution is -0.143. The second-order valence-electron chi connectivity index (χ2n) is 2.78. The first kappa shape index (κ1) is 8.49. The second kappa shape index (κ2) is 3.19. The van der Waals surface area contributed by atoms with Crippen molar-refractivity contribution in [2.45, 2.75) is 12.5 Å². The summed E-state index contributed by atoms with van der Waals surface area (Å²) >= 11 is 0. The van der Waals surface area contributed by atoms with E-state index in [4.69, 9.17) is 10.2 Å². The lowest BCUT2D eigenvalue weighted by Crippen LogP contribution is -2.18. The standard InChI is InChI=1S/C7H12O4/c1-11-7(10)5-2-4(5)6(9)3-8/h4-6,8-9H,2-3H2,1H3. The van der Waals surface area contributed by atoms with Crippen LogP contribution >= 0.6 is 0 Å². The van der Waals surface area contributed by atoms with Crippen LogP contribution in [0.15, 0.2) is 0 Å². The molecule has 1 fully saturated rings. The molecule has 1 aliphatic rings. The van der Waals surface area contributed by atoms with Crippen molar-refractivity contribution in [2.75, 3.05) is 13.7 Å². The van der Waals surface area contributed by atoms with Crippen LogP contribution in [-0.4, -0.2) is 36.0 Å². The second-order valence-corrected chi connectivity index (χ2v) is 2.78. The fourth-order valence-corrected chi connectivity index (χ4v) is 1.20. The third-order valence-corrected chi connectivity index (χ3v) is 2.03. The molecule has 1 rings (SSSR count). The molecule has 3 unspecified atom stereocenters. The molecule has 0 saturated heterocycles. The predicted molar refractivity (Wildman–Crippen MR) is 36.7 cm³/mol. The molecule has 0 aromatic rings. The van der Waals surface area contributed by atoms with Crippen molar-refractivity contribution < 1.29 is 19.7 Å². The van der Waals surface area contributed by atoms with Gasteiger partial charge in [-0.3, -0.25) is 4.79 Å². The minimum absolute atomic E-state index is 0.0903. The Balaban J connectivity index is 2.31. The Morgan fingerprint density at radius 1 is 1.82 bits per heavy atom. The van der Waals surface area contributed by atoms with E-state index in [0.717, 1.165) is 0 Å². The molecule has 1 saturated carbocycles. The number of hydrogen-bond acceptors (Lipinski definition) is 4. The van der Waals surface area contributed by atoms with E-state index in [-0.39, 0.29) is 24.4 Å².